The van der Waals surface area contributed by atoms with Crippen molar-refractivity contribution >= 4 is 23.3 Å². The van der Waals surface area contributed by atoms with Crippen molar-refractivity contribution in [1.82, 2.24) is 14.8 Å². The van der Waals surface area contributed by atoms with Gasteiger partial charge in [0, 0.05) is 45.0 Å². The maximum atomic E-state index is 13.1. The van der Waals surface area contributed by atoms with Gasteiger partial charge in [0.1, 0.15) is 5.82 Å². The Kier molecular flexibility index (Phi) is 5.13. The van der Waals surface area contributed by atoms with E-state index >= 15 is 0 Å². The molecule has 0 radical (unpaired) electrons. The van der Waals surface area contributed by atoms with Gasteiger partial charge in [0.15, 0.2) is 0 Å². The fourth-order valence-electron chi connectivity index (χ4n) is 4.62. The van der Waals surface area contributed by atoms with Crippen molar-refractivity contribution in [3.05, 3.63) is 17.8 Å². The predicted molar refractivity (Wildman–Crippen MR) is 109 cm³/mol. The molecular formula is C21H29N5O3. The first-order chi connectivity index (χ1) is 14.2. The number of likely N-dealkylation sites (tertiary alicyclic amines) is 1. The number of pyridine rings is 1. The second kappa shape index (κ2) is 7.91. The fourth-order valence-corrected chi connectivity index (χ4v) is 4.62. The van der Waals surface area contributed by atoms with E-state index in [9.17, 15) is 9.59 Å². The van der Waals surface area contributed by atoms with Crippen molar-refractivity contribution < 1.29 is 14.3 Å². The molecule has 2 saturated heterocycles. The summed E-state index contributed by atoms with van der Waals surface area (Å²) in [5.41, 5.74) is 1.33. The molecule has 5 rings (SSSR count). The van der Waals surface area contributed by atoms with Crippen LogP contribution in [0.25, 0.3) is 0 Å². The summed E-state index contributed by atoms with van der Waals surface area (Å²) in [5, 5.41) is 3.08. The summed E-state index contributed by atoms with van der Waals surface area (Å²) in [5.74, 6) is 1.36. The maximum Gasteiger partial charge on any atom is 0.255 e. The standard InChI is InChI=1S/C21H29N5O3/c27-19-13-23-20-18(26(19)14-15-1-2-15)11-16(12-22-20)21(28)25-5-3-17(4-6-25)24-7-9-29-10-8-24/h11-12,15,17H,1-10,13-14H2,(H,22,23). The number of nitrogens with one attached hydrogen (secondary N) is 1. The zero-order valence-electron chi connectivity index (χ0n) is 16.8. The summed E-state index contributed by atoms with van der Waals surface area (Å²) in [6.07, 6.45) is 6.00. The van der Waals surface area contributed by atoms with Gasteiger partial charge in [-0.1, -0.05) is 0 Å². The SMILES string of the molecule is O=C(c1cnc2c(c1)N(CC1CC1)C(=O)CN2)N1CCC(N2CCOCC2)CC1. The maximum absolute atomic E-state index is 13.1. The van der Waals surface area contributed by atoms with Gasteiger partial charge in [-0.25, -0.2) is 4.98 Å². The minimum atomic E-state index is 0.0186. The van der Waals surface area contributed by atoms with Gasteiger partial charge in [-0.05, 0) is 37.7 Å². The van der Waals surface area contributed by atoms with Gasteiger partial charge in [0.05, 0.1) is 31.0 Å². The Morgan fingerprint density at radius 2 is 1.90 bits per heavy atom. The largest absolute Gasteiger partial charge is 0.379 e. The first kappa shape index (κ1) is 18.8. The van der Waals surface area contributed by atoms with Crippen LogP contribution in [0, 0.1) is 5.92 Å². The first-order valence-electron chi connectivity index (χ1n) is 10.8. The Bertz CT molecular complexity index is 783. The smallest absolute Gasteiger partial charge is 0.255 e. The van der Waals surface area contributed by atoms with Gasteiger partial charge in [-0.2, -0.15) is 0 Å². The first-order valence-corrected chi connectivity index (χ1v) is 10.8. The third kappa shape index (κ3) is 3.96. The third-order valence-electron chi connectivity index (χ3n) is 6.56. The molecule has 0 spiro atoms. The summed E-state index contributed by atoms with van der Waals surface area (Å²) in [6, 6.07) is 2.39. The highest BCUT2D eigenvalue weighted by Gasteiger charge is 2.33. The van der Waals surface area contributed by atoms with Crippen molar-refractivity contribution in [3.63, 3.8) is 0 Å². The van der Waals surface area contributed by atoms with Crippen LogP contribution in [-0.2, 0) is 9.53 Å². The van der Waals surface area contributed by atoms with Crippen molar-refractivity contribution in [2.45, 2.75) is 31.7 Å². The summed E-state index contributed by atoms with van der Waals surface area (Å²) in [4.78, 5) is 36.2. The Balaban J connectivity index is 1.27. The van der Waals surface area contributed by atoms with E-state index < -0.39 is 0 Å². The number of amides is 2. The molecule has 8 nitrogen and oxygen atoms in total. The molecule has 1 aromatic rings. The molecule has 4 aliphatic rings. The predicted octanol–water partition coefficient (Wildman–Crippen LogP) is 1.19. The van der Waals surface area contributed by atoms with E-state index in [1.165, 1.54) is 12.8 Å². The van der Waals surface area contributed by atoms with Crippen LogP contribution in [0.3, 0.4) is 0 Å². The molecule has 1 saturated carbocycles. The molecule has 156 valence electrons. The number of hydrogen-bond acceptors (Lipinski definition) is 6. The molecule has 2 amide bonds. The van der Waals surface area contributed by atoms with Crippen LogP contribution in [0.5, 0.6) is 0 Å². The number of fused-ring (bicyclic) bond motifs is 1. The van der Waals surface area contributed by atoms with Gasteiger partial charge < -0.3 is 19.9 Å². The zero-order chi connectivity index (χ0) is 19.8. The number of morpholine rings is 1. The monoisotopic (exact) mass is 399 g/mol. The van der Waals surface area contributed by atoms with Crippen molar-refractivity contribution in [1.29, 1.82) is 0 Å². The van der Waals surface area contributed by atoms with Crippen molar-refractivity contribution in [3.8, 4) is 0 Å². The van der Waals surface area contributed by atoms with Gasteiger partial charge in [-0.3, -0.25) is 14.5 Å². The number of hydrogen-bond donors (Lipinski definition) is 1. The summed E-state index contributed by atoms with van der Waals surface area (Å²) in [7, 11) is 0. The van der Waals surface area contributed by atoms with E-state index in [2.05, 4.69) is 15.2 Å². The molecule has 0 aromatic carbocycles. The lowest BCUT2D eigenvalue weighted by molar-refractivity contribution is -0.117. The number of carbonyl (C=O) groups is 2. The summed E-state index contributed by atoms with van der Waals surface area (Å²) < 4.78 is 5.45. The average molecular weight is 399 g/mol. The summed E-state index contributed by atoms with van der Waals surface area (Å²) >= 11 is 0. The lowest BCUT2D eigenvalue weighted by Crippen LogP contribution is -2.50. The fraction of sp³-hybridized carbons (Fsp3) is 0.667. The van der Waals surface area contributed by atoms with E-state index in [1.54, 1.807) is 6.20 Å². The molecule has 1 aromatic heterocycles. The Hall–Kier alpha value is -2.19. The minimum Gasteiger partial charge on any atom is -0.379 e. The number of ether oxygens (including phenoxy) is 1. The summed E-state index contributed by atoms with van der Waals surface area (Å²) in [6.45, 7) is 6.14. The van der Waals surface area contributed by atoms with Crippen LogP contribution < -0.4 is 10.2 Å². The topological polar surface area (TPSA) is 78.0 Å². The number of carbonyl (C=O) groups excluding carboxylic acids is 2. The average Bonchev–Trinajstić information content (AvgIpc) is 3.60. The minimum absolute atomic E-state index is 0.0186. The molecule has 3 fully saturated rings. The Morgan fingerprint density at radius 1 is 1.14 bits per heavy atom. The zero-order valence-corrected chi connectivity index (χ0v) is 16.8. The van der Waals surface area contributed by atoms with Crippen LogP contribution in [0.4, 0.5) is 11.5 Å². The van der Waals surface area contributed by atoms with E-state index in [1.807, 2.05) is 15.9 Å². The molecule has 3 aliphatic heterocycles. The van der Waals surface area contributed by atoms with Gasteiger partial charge in [0.2, 0.25) is 5.91 Å². The van der Waals surface area contributed by atoms with Crippen LogP contribution in [-0.4, -0.2) is 85.1 Å². The highest BCUT2D eigenvalue weighted by Crippen LogP contribution is 2.35. The van der Waals surface area contributed by atoms with Crippen LogP contribution >= 0.6 is 0 Å². The molecule has 4 heterocycles. The number of nitrogens with zero attached hydrogens (tertiary/aromatic N) is 4. The lowest BCUT2D eigenvalue weighted by atomic mass is 10.0. The van der Waals surface area contributed by atoms with Crippen molar-refractivity contribution in [2.24, 2.45) is 5.92 Å². The number of rotatable bonds is 4. The Morgan fingerprint density at radius 3 is 2.62 bits per heavy atom. The van der Waals surface area contributed by atoms with Crippen molar-refractivity contribution in [2.75, 3.05) is 62.7 Å². The lowest BCUT2D eigenvalue weighted by Gasteiger charge is -2.40. The molecule has 1 N–H and O–H groups in total. The number of aromatic nitrogens is 1. The van der Waals surface area contributed by atoms with Gasteiger partial charge in [-0.15, -0.1) is 0 Å². The molecule has 29 heavy (non-hydrogen) atoms. The van der Waals surface area contributed by atoms with E-state index in [-0.39, 0.29) is 18.4 Å². The van der Waals surface area contributed by atoms with E-state index in [0.717, 1.165) is 64.5 Å². The van der Waals surface area contributed by atoms with Crippen LogP contribution in [0.15, 0.2) is 12.3 Å². The quantitative estimate of drug-likeness (QED) is 0.820. The van der Waals surface area contributed by atoms with Crippen LogP contribution in [0.1, 0.15) is 36.0 Å². The number of anilines is 2. The van der Waals surface area contributed by atoms with E-state index in [0.29, 0.717) is 23.3 Å². The van der Waals surface area contributed by atoms with E-state index in [4.69, 9.17) is 4.74 Å². The van der Waals surface area contributed by atoms with Crippen LogP contribution in [0.2, 0.25) is 0 Å². The number of piperidine rings is 1. The highest BCUT2D eigenvalue weighted by atomic mass is 16.5. The molecule has 1 aliphatic carbocycles. The molecule has 0 bridgehead atoms. The molecule has 0 atom stereocenters. The Labute approximate surface area is 171 Å². The third-order valence-corrected chi connectivity index (χ3v) is 6.56. The molecule has 8 heteroatoms. The normalized spacial score (nSPS) is 23.7. The second-order valence-electron chi connectivity index (χ2n) is 8.56. The molecular weight excluding hydrogens is 370 g/mol. The van der Waals surface area contributed by atoms with Gasteiger partial charge >= 0.3 is 0 Å². The molecule has 0 unspecified atom stereocenters. The second-order valence-corrected chi connectivity index (χ2v) is 8.56. The van der Waals surface area contributed by atoms with Gasteiger partial charge in [0.25, 0.3) is 5.91 Å². The highest BCUT2D eigenvalue weighted by molar-refractivity contribution is 6.04.